The van der Waals surface area contributed by atoms with Crippen LogP contribution in [-0.4, -0.2) is 43.3 Å². The van der Waals surface area contributed by atoms with Crippen molar-refractivity contribution in [1.29, 1.82) is 0 Å². The van der Waals surface area contributed by atoms with E-state index in [4.69, 9.17) is 4.74 Å². The SMILES string of the molecule is COc1cccc(Nc2ccnc(N3CCN(c4ccccc4)CC3)n2)c1. The number of rotatable bonds is 5. The van der Waals surface area contributed by atoms with Crippen LogP contribution in [-0.2, 0) is 0 Å². The lowest BCUT2D eigenvalue weighted by atomic mass is 10.2. The third-order valence-electron chi connectivity index (χ3n) is 4.67. The van der Waals surface area contributed by atoms with Crippen LogP contribution >= 0.6 is 0 Å². The van der Waals surface area contributed by atoms with E-state index in [1.165, 1.54) is 5.69 Å². The standard InChI is InChI=1S/C21H23N5O/c1-27-19-9-5-6-17(16-19)23-20-10-11-22-21(24-20)26-14-12-25(13-15-26)18-7-3-2-4-8-18/h2-11,16H,12-15H2,1H3,(H,22,23,24). The first kappa shape index (κ1) is 17.1. The van der Waals surface area contributed by atoms with Crippen molar-refractivity contribution in [2.45, 2.75) is 0 Å². The predicted octanol–water partition coefficient (Wildman–Crippen LogP) is 3.56. The van der Waals surface area contributed by atoms with Crippen LogP contribution in [0.25, 0.3) is 0 Å². The largest absolute Gasteiger partial charge is 0.497 e. The van der Waals surface area contributed by atoms with Crippen molar-refractivity contribution in [1.82, 2.24) is 9.97 Å². The first-order valence-electron chi connectivity index (χ1n) is 9.11. The van der Waals surface area contributed by atoms with Crippen LogP contribution in [0.5, 0.6) is 5.75 Å². The topological polar surface area (TPSA) is 53.5 Å². The van der Waals surface area contributed by atoms with Crippen LogP contribution in [0.3, 0.4) is 0 Å². The second-order valence-corrected chi connectivity index (χ2v) is 6.41. The molecule has 1 aliphatic heterocycles. The summed E-state index contributed by atoms with van der Waals surface area (Å²) in [6.07, 6.45) is 1.80. The van der Waals surface area contributed by atoms with Crippen molar-refractivity contribution in [3.05, 3.63) is 66.9 Å². The Hall–Kier alpha value is -3.28. The first-order valence-corrected chi connectivity index (χ1v) is 9.11. The number of benzene rings is 2. The minimum Gasteiger partial charge on any atom is -0.497 e. The summed E-state index contributed by atoms with van der Waals surface area (Å²) in [6.45, 7) is 3.72. The maximum absolute atomic E-state index is 5.27. The molecule has 2 aromatic carbocycles. The van der Waals surface area contributed by atoms with Gasteiger partial charge in [-0.15, -0.1) is 0 Å². The molecule has 1 aliphatic rings. The third-order valence-corrected chi connectivity index (χ3v) is 4.67. The van der Waals surface area contributed by atoms with E-state index in [-0.39, 0.29) is 0 Å². The maximum Gasteiger partial charge on any atom is 0.227 e. The van der Waals surface area contributed by atoms with Crippen LogP contribution in [0.15, 0.2) is 66.9 Å². The smallest absolute Gasteiger partial charge is 0.227 e. The fourth-order valence-electron chi connectivity index (χ4n) is 3.22. The Morgan fingerprint density at radius 3 is 2.44 bits per heavy atom. The number of aromatic nitrogens is 2. The summed E-state index contributed by atoms with van der Waals surface area (Å²) < 4.78 is 5.27. The molecule has 6 heteroatoms. The van der Waals surface area contributed by atoms with E-state index in [0.29, 0.717) is 0 Å². The van der Waals surface area contributed by atoms with E-state index in [9.17, 15) is 0 Å². The second kappa shape index (κ2) is 7.95. The number of anilines is 4. The summed E-state index contributed by atoms with van der Waals surface area (Å²) in [5.41, 5.74) is 2.21. The van der Waals surface area contributed by atoms with Gasteiger partial charge < -0.3 is 19.9 Å². The van der Waals surface area contributed by atoms with Gasteiger partial charge in [0.15, 0.2) is 0 Å². The predicted molar refractivity (Wildman–Crippen MR) is 109 cm³/mol. The van der Waals surface area contributed by atoms with Gasteiger partial charge >= 0.3 is 0 Å². The summed E-state index contributed by atoms with van der Waals surface area (Å²) >= 11 is 0. The molecule has 0 saturated carbocycles. The molecule has 0 atom stereocenters. The number of nitrogens with zero attached hydrogens (tertiary/aromatic N) is 4. The molecule has 4 rings (SSSR count). The van der Waals surface area contributed by atoms with Gasteiger partial charge in [-0.05, 0) is 30.3 Å². The fraction of sp³-hybridized carbons (Fsp3) is 0.238. The highest BCUT2D eigenvalue weighted by Gasteiger charge is 2.19. The average molecular weight is 361 g/mol. The monoisotopic (exact) mass is 361 g/mol. The molecule has 27 heavy (non-hydrogen) atoms. The number of piperazine rings is 1. The minimum atomic E-state index is 0.760. The lowest BCUT2D eigenvalue weighted by Gasteiger charge is -2.36. The third kappa shape index (κ3) is 4.11. The van der Waals surface area contributed by atoms with Gasteiger partial charge in [0, 0.05) is 49.8 Å². The van der Waals surface area contributed by atoms with Crippen molar-refractivity contribution >= 4 is 23.1 Å². The molecule has 6 nitrogen and oxygen atoms in total. The zero-order chi connectivity index (χ0) is 18.5. The molecular weight excluding hydrogens is 338 g/mol. The Kier molecular flexibility index (Phi) is 5.05. The number of hydrogen-bond acceptors (Lipinski definition) is 6. The van der Waals surface area contributed by atoms with Crippen molar-refractivity contribution < 1.29 is 4.74 Å². The molecule has 0 spiro atoms. The molecule has 1 fully saturated rings. The normalized spacial score (nSPS) is 14.1. The van der Waals surface area contributed by atoms with E-state index >= 15 is 0 Å². The quantitative estimate of drug-likeness (QED) is 0.750. The van der Waals surface area contributed by atoms with E-state index in [0.717, 1.165) is 49.4 Å². The summed E-state index contributed by atoms with van der Waals surface area (Å²) in [5, 5.41) is 3.32. The lowest BCUT2D eigenvalue weighted by molar-refractivity contribution is 0.415. The van der Waals surface area contributed by atoms with Crippen LogP contribution < -0.4 is 19.9 Å². The summed E-state index contributed by atoms with van der Waals surface area (Å²) in [7, 11) is 1.66. The van der Waals surface area contributed by atoms with Crippen LogP contribution in [0.1, 0.15) is 0 Å². The highest BCUT2D eigenvalue weighted by atomic mass is 16.5. The molecule has 1 N–H and O–H groups in total. The molecule has 138 valence electrons. The Morgan fingerprint density at radius 2 is 1.67 bits per heavy atom. The highest BCUT2D eigenvalue weighted by molar-refractivity contribution is 5.59. The van der Waals surface area contributed by atoms with Crippen molar-refractivity contribution in [2.24, 2.45) is 0 Å². The molecule has 0 bridgehead atoms. The van der Waals surface area contributed by atoms with Gasteiger partial charge in [0.05, 0.1) is 7.11 Å². The molecule has 0 unspecified atom stereocenters. The van der Waals surface area contributed by atoms with Crippen molar-refractivity contribution in [3.63, 3.8) is 0 Å². The Morgan fingerprint density at radius 1 is 0.889 bits per heavy atom. The summed E-state index contributed by atoms with van der Waals surface area (Å²) in [6, 6.07) is 20.2. The molecule has 0 amide bonds. The van der Waals surface area contributed by atoms with Gasteiger partial charge in [-0.3, -0.25) is 0 Å². The molecular formula is C21H23N5O. The fourth-order valence-corrected chi connectivity index (χ4v) is 3.22. The zero-order valence-electron chi connectivity index (χ0n) is 15.4. The molecule has 0 radical (unpaired) electrons. The van der Waals surface area contributed by atoms with Gasteiger partial charge in [-0.2, -0.15) is 4.98 Å². The van der Waals surface area contributed by atoms with E-state index in [1.807, 2.05) is 30.3 Å². The van der Waals surface area contributed by atoms with E-state index in [2.05, 4.69) is 55.4 Å². The molecule has 1 aromatic heterocycles. The van der Waals surface area contributed by atoms with Crippen molar-refractivity contribution in [3.8, 4) is 5.75 Å². The van der Waals surface area contributed by atoms with Crippen LogP contribution in [0.2, 0.25) is 0 Å². The van der Waals surface area contributed by atoms with Gasteiger partial charge in [-0.25, -0.2) is 4.98 Å². The molecule has 1 saturated heterocycles. The Balaban J connectivity index is 1.42. The van der Waals surface area contributed by atoms with Crippen LogP contribution in [0.4, 0.5) is 23.1 Å². The summed E-state index contributed by atoms with van der Waals surface area (Å²) in [5.74, 6) is 2.35. The van der Waals surface area contributed by atoms with Crippen LogP contribution in [0, 0.1) is 0 Å². The maximum atomic E-state index is 5.27. The van der Waals surface area contributed by atoms with Gasteiger partial charge in [0.1, 0.15) is 11.6 Å². The Bertz CT molecular complexity index is 879. The number of hydrogen-bond donors (Lipinski definition) is 1. The number of methoxy groups -OCH3 is 1. The zero-order valence-corrected chi connectivity index (χ0v) is 15.4. The van der Waals surface area contributed by atoms with E-state index < -0.39 is 0 Å². The number of nitrogens with one attached hydrogen (secondary N) is 1. The number of para-hydroxylation sites is 1. The van der Waals surface area contributed by atoms with Gasteiger partial charge in [0.25, 0.3) is 0 Å². The highest BCUT2D eigenvalue weighted by Crippen LogP contribution is 2.22. The first-order chi connectivity index (χ1) is 13.3. The lowest BCUT2D eigenvalue weighted by Crippen LogP contribution is -2.47. The average Bonchev–Trinajstić information content (AvgIpc) is 2.75. The van der Waals surface area contributed by atoms with Gasteiger partial charge in [0.2, 0.25) is 5.95 Å². The second-order valence-electron chi connectivity index (χ2n) is 6.41. The molecule has 2 heterocycles. The minimum absolute atomic E-state index is 0.760. The van der Waals surface area contributed by atoms with Gasteiger partial charge in [-0.1, -0.05) is 24.3 Å². The summed E-state index contributed by atoms with van der Waals surface area (Å²) in [4.78, 5) is 13.8. The molecule has 3 aromatic rings. The number of ether oxygens (including phenoxy) is 1. The Labute approximate surface area is 159 Å². The molecule has 0 aliphatic carbocycles. The van der Waals surface area contributed by atoms with E-state index in [1.54, 1.807) is 13.3 Å². The van der Waals surface area contributed by atoms with Crippen molar-refractivity contribution in [2.75, 3.05) is 48.4 Å².